The first-order valence-corrected chi connectivity index (χ1v) is 9.17. The molecule has 0 aliphatic carbocycles. The van der Waals surface area contributed by atoms with Crippen LogP contribution in [0.2, 0.25) is 0 Å². The minimum absolute atomic E-state index is 0.107. The lowest BCUT2D eigenvalue weighted by atomic mass is 9.99. The Kier molecular flexibility index (Phi) is 5.71. The summed E-state index contributed by atoms with van der Waals surface area (Å²) in [5.41, 5.74) is 7.10. The van der Waals surface area contributed by atoms with E-state index >= 15 is 0 Å². The third-order valence-corrected chi connectivity index (χ3v) is 5.67. The number of aliphatic hydroxyl groups excluding tert-OH is 1. The molecule has 138 valence electrons. The lowest BCUT2D eigenvalue weighted by Crippen LogP contribution is -2.50. The van der Waals surface area contributed by atoms with Crippen LogP contribution in [0.25, 0.3) is 0 Å². The summed E-state index contributed by atoms with van der Waals surface area (Å²) in [5, 5.41) is 10.5. The number of piperidine rings is 1. The lowest BCUT2D eigenvalue weighted by molar-refractivity contribution is -0.123. The second-order valence-electron chi connectivity index (χ2n) is 7.35. The molecule has 25 heavy (non-hydrogen) atoms. The predicted octanol–water partition coefficient (Wildman–Crippen LogP) is 1.58. The van der Waals surface area contributed by atoms with E-state index in [9.17, 15) is 14.3 Å². The van der Waals surface area contributed by atoms with Crippen molar-refractivity contribution in [2.24, 2.45) is 5.73 Å². The highest BCUT2D eigenvalue weighted by Gasteiger charge is 2.35. The van der Waals surface area contributed by atoms with Crippen LogP contribution in [0.5, 0.6) is 0 Å². The summed E-state index contributed by atoms with van der Waals surface area (Å²) >= 11 is 0. The number of nitrogens with two attached hydrogens (primary N) is 1. The van der Waals surface area contributed by atoms with Crippen molar-refractivity contribution in [2.75, 3.05) is 26.2 Å². The van der Waals surface area contributed by atoms with Gasteiger partial charge in [0.2, 0.25) is 5.91 Å². The molecular formula is C19H28FN3O2. The number of primary amides is 1. The maximum atomic E-state index is 13.2. The number of benzene rings is 1. The van der Waals surface area contributed by atoms with E-state index in [1.807, 2.05) is 6.92 Å². The minimum Gasteiger partial charge on any atom is -0.387 e. The van der Waals surface area contributed by atoms with Gasteiger partial charge < -0.3 is 15.7 Å². The third kappa shape index (κ3) is 4.19. The Morgan fingerprint density at radius 3 is 2.68 bits per heavy atom. The molecule has 3 rings (SSSR count). The number of rotatable bonds is 5. The van der Waals surface area contributed by atoms with Crippen molar-refractivity contribution < 1.29 is 14.3 Å². The fourth-order valence-corrected chi connectivity index (χ4v) is 4.32. The van der Waals surface area contributed by atoms with Crippen LogP contribution < -0.4 is 5.73 Å². The summed E-state index contributed by atoms with van der Waals surface area (Å²) < 4.78 is 13.2. The van der Waals surface area contributed by atoms with Crippen LogP contribution in [0.1, 0.15) is 42.9 Å². The van der Waals surface area contributed by atoms with Crippen LogP contribution in [0.4, 0.5) is 4.39 Å². The van der Waals surface area contributed by atoms with E-state index in [4.69, 9.17) is 5.73 Å². The molecule has 0 radical (unpaired) electrons. The first-order chi connectivity index (χ1) is 12.0. The molecule has 0 spiro atoms. The van der Waals surface area contributed by atoms with E-state index in [1.165, 1.54) is 12.1 Å². The van der Waals surface area contributed by atoms with Gasteiger partial charge in [-0.25, -0.2) is 4.39 Å². The van der Waals surface area contributed by atoms with Gasteiger partial charge in [-0.2, -0.15) is 0 Å². The molecule has 0 saturated carbocycles. The van der Waals surface area contributed by atoms with Gasteiger partial charge in [0.05, 0.1) is 12.1 Å². The molecular weight excluding hydrogens is 321 g/mol. The van der Waals surface area contributed by atoms with Crippen molar-refractivity contribution in [1.82, 2.24) is 9.80 Å². The molecule has 2 unspecified atom stereocenters. The van der Waals surface area contributed by atoms with Gasteiger partial charge in [0.1, 0.15) is 5.82 Å². The number of halogens is 1. The van der Waals surface area contributed by atoms with Crippen LogP contribution in [-0.4, -0.2) is 59.1 Å². The SMILES string of the molecule is Cc1cc(F)ccc1C(O)CN1CCC(N2CCCC2C(N)=O)CC1. The summed E-state index contributed by atoms with van der Waals surface area (Å²) in [6.45, 7) is 5.12. The van der Waals surface area contributed by atoms with E-state index in [0.29, 0.717) is 12.6 Å². The van der Waals surface area contributed by atoms with E-state index in [2.05, 4.69) is 9.80 Å². The summed E-state index contributed by atoms with van der Waals surface area (Å²) in [6.07, 6.45) is 3.27. The third-order valence-electron chi connectivity index (χ3n) is 5.67. The highest BCUT2D eigenvalue weighted by molar-refractivity contribution is 5.80. The number of carbonyl (C=O) groups is 1. The molecule has 2 atom stereocenters. The number of aliphatic hydroxyl groups is 1. The first-order valence-electron chi connectivity index (χ1n) is 9.17. The molecule has 2 aliphatic rings. The molecule has 1 aromatic rings. The number of likely N-dealkylation sites (tertiary alicyclic amines) is 2. The molecule has 0 bridgehead atoms. The molecule has 5 nitrogen and oxygen atoms in total. The number of hydrogen-bond acceptors (Lipinski definition) is 4. The quantitative estimate of drug-likeness (QED) is 0.847. The Balaban J connectivity index is 1.53. The number of β-amino-alcohol motifs (C(OH)–C–C–N with tert-alkyl or cyclic N) is 1. The number of hydrogen-bond donors (Lipinski definition) is 2. The van der Waals surface area contributed by atoms with E-state index in [-0.39, 0.29) is 17.8 Å². The van der Waals surface area contributed by atoms with E-state index in [1.54, 1.807) is 6.07 Å². The largest absolute Gasteiger partial charge is 0.387 e. The second-order valence-corrected chi connectivity index (χ2v) is 7.35. The summed E-state index contributed by atoms with van der Waals surface area (Å²) in [5.74, 6) is -0.481. The van der Waals surface area contributed by atoms with Crippen LogP contribution in [0.15, 0.2) is 18.2 Å². The van der Waals surface area contributed by atoms with Gasteiger partial charge in [-0.05, 0) is 75.5 Å². The molecule has 6 heteroatoms. The molecule has 2 heterocycles. The van der Waals surface area contributed by atoms with Gasteiger partial charge in [-0.3, -0.25) is 9.69 Å². The monoisotopic (exact) mass is 349 g/mol. The number of aryl methyl sites for hydroxylation is 1. The maximum absolute atomic E-state index is 13.2. The Morgan fingerprint density at radius 1 is 1.32 bits per heavy atom. The van der Waals surface area contributed by atoms with Crippen LogP contribution in [0, 0.1) is 12.7 Å². The standard InChI is InChI=1S/C19H28FN3O2/c1-13-11-14(20)4-5-16(13)18(24)12-22-9-6-15(7-10-22)23-8-2-3-17(23)19(21)25/h4-5,11,15,17-18,24H,2-3,6-10,12H2,1H3,(H2,21,25). The zero-order chi connectivity index (χ0) is 18.0. The molecule has 0 aromatic heterocycles. The lowest BCUT2D eigenvalue weighted by Gasteiger charge is -2.39. The summed E-state index contributed by atoms with van der Waals surface area (Å²) in [6, 6.07) is 4.83. The first kappa shape index (κ1) is 18.3. The van der Waals surface area contributed by atoms with Crippen molar-refractivity contribution in [3.63, 3.8) is 0 Å². The minimum atomic E-state index is -0.609. The Hall–Kier alpha value is -1.50. The van der Waals surface area contributed by atoms with E-state index < -0.39 is 6.10 Å². The van der Waals surface area contributed by atoms with Crippen molar-refractivity contribution >= 4 is 5.91 Å². The van der Waals surface area contributed by atoms with Gasteiger partial charge in [-0.1, -0.05) is 6.07 Å². The predicted molar refractivity (Wildman–Crippen MR) is 94.5 cm³/mol. The maximum Gasteiger partial charge on any atom is 0.234 e. The molecule has 1 aromatic carbocycles. The van der Waals surface area contributed by atoms with Gasteiger partial charge >= 0.3 is 0 Å². The van der Waals surface area contributed by atoms with Gasteiger partial charge in [0, 0.05) is 12.6 Å². The smallest absolute Gasteiger partial charge is 0.234 e. The highest BCUT2D eigenvalue weighted by atomic mass is 19.1. The molecule has 3 N–H and O–H groups in total. The fraction of sp³-hybridized carbons (Fsp3) is 0.632. The molecule has 1 amide bonds. The second kappa shape index (κ2) is 7.81. The molecule has 2 fully saturated rings. The summed E-state index contributed by atoms with van der Waals surface area (Å²) in [7, 11) is 0. The van der Waals surface area contributed by atoms with Crippen LogP contribution in [0.3, 0.4) is 0 Å². The van der Waals surface area contributed by atoms with E-state index in [0.717, 1.165) is 56.4 Å². The molecule has 2 saturated heterocycles. The summed E-state index contributed by atoms with van der Waals surface area (Å²) in [4.78, 5) is 16.1. The average Bonchev–Trinajstić information content (AvgIpc) is 3.05. The van der Waals surface area contributed by atoms with Gasteiger partial charge in [0.15, 0.2) is 0 Å². The molecule has 2 aliphatic heterocycles. The Bertz CT molecular complexity index is 617. The van der Waals surface area contributed by atoms with Crippen LogP contribution in [-0.2, 0) is 4.79 Å². The van der Waals surface area contributed by atoms with Gasteiger partial charge in [0.25, 0.3) is 0 Å². The average molecular weight is 349 g/mol. The van der Waals surface area contributed by atoms with Crippen molar-refractivity contribution in [1.29, 1.82) is 0 Å². The zero-order valence-electron chi connectivity index (χ0n) is 14.8. The van der Waals surface area contributed by atoms with Gasteiger partial charge in [-0.15, -0.1) is 0 Å². The van der Waals surface area contributed by atoms with Crippen molar-refractivity contribution in [3.05, 3.63) is 35.1 Å². The topological polar surface area (TPSA) is 69.8 Å². The Labute approximate surface area is 148 Å². The Morgan fingerprint density at radius 2 is 2.04 bits per heavy atom. The highest BCUT2D eigenvalue weighted by Crippen LogP contribution is 2.27. The van der Waals surface area contributed by atoms with Crippen LogP contribution >= 0.6 is 0 Å². The zero-order valence-corrected chi connectivity index (χ0v) is 14.8. The number of amides is 1. The number of carbonyl (C=O) groups excluding carboxylic acids is 1. The normalized spacial score (nSPS) is 24.5. The van der Waals surface area contributed by atoms with Crippen molar-refractivity contribution in [2.45, 2.75) is 50.8 Å². The van der Waals surface area contributed by atoms with Crippen molar-refractivity contribution in [3.8, 4) is 0 Å². The fourth-order valence-electron chi connectivity index (χ4n) is 4.32. The number of nitrogens with zero attached hydrogens (tertiary/aromatic N) is 2.